The van der Waals surface area contributed by atoms with Crippen molar-refractivity contribution in [2.45, 2.75) is 26.3 Å². The number of carbonyl (C=O) groups excluding carboxylic acids is 2. The summed E-state index contributed by atoms with van der Waals surface area (Å²) in [5, 5.41) is 11.3. The van der Waals surface area contributed by atoms with E-state index in [-0.39, 0.29) is 17.7 Å². The Morgan fingerprint density at radius 1 is 1.16 bits per heavy atom. The summed E-state index contributed by atoms with van der Waals surface area (Å²) in [5.41, 5.74) is 5.21. The quantitative estimate of drug-likeness (QED) is 0.909. The Morgan fingerprint density at radius 2 is 1.92 bits per heavy atom. The van der Waals surface area contributed by atoms with Crippen LogP contribution in [0.2, 0.25) is 0 Å². The van der Waals surface area contributed by atoms with E-state index in [1.54, 1.807) is 6.07 Å². The molecule has 0 saturated carbocycles. The van der Waals surface area contributed by atoms with E-state index in [1.807, 2.05) is 36.4 Å². The van der Waals surface area contributed by atoms with Crippen molar-refractivity contribution in [3.63, 3.8) is 0 Å². The SMILES string of the molecule is CCc1ccc(C2=C3C(=O)c4c(NC(C)=O)cccc4C3N=N2)cc1. The Kier molecular flexibility index (Phi) is 3.57. The number of benzene rings is 2. The molecule has 124 valence electrons. The lowest BCUT2D eigenvalue weighted by atomic mass is 10.0. The minimum atomic E-state index is -0.378. The molecule has 0 spiro atoms. The van der Waals surface area contributed by atoms with Crippen LogP contribution in [-0.4, -0.2) is 11.7 Å². The van der Waals surface area contributed by atoms with Crippen LogP contribution in [-0.2, 0) is 11.2 Å². The maximum absolute atomic E-state index is 13.1. The largest absolute Gasteiger partial charge is 0.326 e. The predicted octanol–water partition coefficient (Wildman–Crippen LogP) is 4.32. The fraction of sp³-hybridized carbons (Fsp3) is 0.200. The van der Waals surface area contributed by atoms with Crippen molar-refractivity contribution in [3.8, 4) is 0 Å². The molecule has 1 aliphatic carbocycles. The second-order valence-corrected chi connectivity index (χ2v) is 6.21. The molecule has 2 aromatic carbocycles. The second-order valence-electron chi connectivity index (χ2n) is 6.21. The fourth-order valence-electron chi connectivity index (χ4n) is 3.40. The van der Waals surface area contributed by atoms with Crippen LogP contribution >= 0.6 is 0 Å². The summed E-state index contributed by atoms with van der Waals surface area (Å²) < 4.78 is 0. The van der Waals surface area contributed by atoms with Gasteiger partial charge in [-0.15, -0.1) is 0 Å². The van der Waals surface area contributed by atoms with Gasteiger partial charge in [0.2, 0.25) is 5.91 Å². The van der Waals surface area contributed by atoms with Crippen molar-refractivity contribution >= 4 is 23.1 Å². The molecule has 1 unspecified atom stereocenters. The van der Waals surface area contributed by atoms with Gasteiger partial charge >= 0.3 is 0 Å². The van der Waals surface area contributed by atoms with Gasteiger partial charge in [0.15, 0.2) is 5.78 Å². The number of hydrogen-bond donors (Lipinski definition) is 1. The van der Waals surface area contributed by atoms with Crippen LogP contribution in [0.25, 0.3) is 5.70 Å². The number of anilines is 1. The molecule has 5 nitrogen and oxygen atoms in total. The number of azo groups is 1. The summed E-state index contributed by atoms with van der Waals surface area (Å²) in [6, 6.07) is 13.1. The van der Waals surface area contributed by atoms with Gasteiger partial charge in [0.1, 0.15) is 11.7 Å². The molecule has 0 saturated heterocycles. The number of ketones is 1. The van der Waals surface area contributed by atoms with Crippen LogP contribution in [0.1, 0.15) is 46.9 Å². The van der Waals surface area contributed by atoms with Crippen molar-refractivity contribution in [2.75, 3.05) is 5.32 Å². The first kappa shape index (κ1) is 15.4. The highest BCUT2D eigenvalue weighted by Crippen LogP contribution is 2.48. The summed E-state index contributed by atoms with van der Waals surface area (Å²) in [5.74, 6) is -0.312. The molecule has 5 heteroatoms. The molecule has 2 aromatic rings. The third kappa shape index (κ3) is 2.39. The highest BCUT2D eigenvalue weighted by atomic mass is 16.1. The Hall–Kier alpha value is -3.08. The molecule has 1 heterocycles. The molecule has 25 heavy (non-hydrogen) atoms. The van der Waals surface area contributed by atoms with Crippen LogP contribution in [0, 0.1) is 0 Å². The molecular formula is C20H17N3O2. The lowest BCUT2D eigenvalue weighted by Crippen LogP contribution is -2.10. The Morgan fingerprint density at radius 3 is 2.60 bits per heavy atom. The first-order valence-electron chi connectivity index (χ1n) is 8.29. The summed E-state index contributed by atoms with van der Waals surface area (Å²) in [6.45, 7) is 3.53. The molecule has 1 atom stereocenters. The van der Waals surface area contributed by atoms with Crippen molar-refractivity contribution in [1.29, 1.82) is 0 Å². The molecule has 1 aliphatic heterocycles. The van der Waals surface area contributed by atoms with Crippen molar-refractivity contribution in [3.05, 3.63) is 70.3 Å². The van der Waals surface area contributed by atoms with Crippen molar-refractivity contribution < 1.29 is 9.59 Å². The summed E-state index contributed by atoms with van der Waals surface area (Å²) in [6.07, 6.45) is 0.959. The molecular weight excluding hydrogens is 314 g/mol. The van der Waals surface area contributed by atoms with Gasteiger partial charge in [0.25, 0.3) is 0 Å². The number of rotatable bonds is 3. The topological polar surface area (TPSA) is 70.9 Å². The molecule has 4 rings (SSSR count). The van der Waals surface area contributed by atoms with Crippen LogP contribution in [0.5, 0.6) is 0 Å². The Balaban J connectivity index is 1.82. The molecule has 0 aromatic heterocycles. The van der Waals surface area contributed by atoms with Gasteiger partial charge in [-0.05, 0) is 23.6 Å². The van der Waals surface area contributed by atoms with E-state index in [0.29, 0.717) is 22.5 Å². The second kappa shape index (κ2) is 5.77. The monoisotopic (exact) mass is 331 g/mol. The van der Waals surface area contributed by atoms with Crippen LogP contribution in [0.4, 0.5) is 5.69 Å². The predicted molar refractivity (Wildman–Crippen MR) is 95.4 cm³/mol. The average Bonchev–Trinajstić information content (AvgIpc) is 3.16. The zero-order valence-electron chi connectivity index (χ0n) is 14.0. The van der Waals surface area contributed by atoms with Crippen molar-refractivity contribution in [1.82, 2.24) is 0 Å². The molecule has 0 fully saturated rings. The van der Waals surface area contributed by atoms with E-state index < -0.39 is 0 Å². The number of fused-ring (bicyclic) bond motifs is 3. The van der Waals surface area contributed by atoms with Gasteiger partial charge in [-0.1, -0.05) is 43.3 Å². The minimum Gasteiger partial charge on any atom is -0.326 e. The molecule has 1 amide bonds. The van der Waals surface area contributed by atoms with E-state index in [2.05, 4.69) is 22.5 Å². The molecule has 2 aliphatic rings. The van der Waals surface area contributed by atoms with Crippen molar-refractivity contribution in [2.24, 2.45) is 10.2 Å². The third-order valence-corrected chi connectivity index (χ3v) is 4.61. The number of hydrogen-bond acceptors (Lipinski definition) is 4. The van der Waals surface area contributed by atoms with Gasteiger partial charge in [-0.25, -0.2) is 0 Å². The zero-order chi connectivity index (χ0) is 17.6. The Bertz CT molecular complexity index is 955. The van der Waals surface area contributed by atoms with Gasteiger partial charge < -0.3 is 5.32 Å². The van der Waals surface area contributed by atoms with Gasteiger partial charge in [-0.2, -0.15) is 10.2 Å². The normalized spacial score (nSPS) is 17.7. The van der Waals surface area contributed by atoms with Gasteiger partial charge in [0, 0.05) is 12.5 Å². The van der Waals surface area contributed by atoms with E-state index in [1.165, 1.54) is 12.5 Å². The minimum absolute atomic E-state index is 0.107. The summed E-state index contributed by atoms with van der Waals surface area (Å²) >= 11 is 0. The van der Waals surface area contributed by atoms with E-state index in [0.717, 1.165) is 17.5 Å². The number of nitrogens with zero attached hydrogens (tertiary/aromatic N) is 2. The third-order valence-electron chi connectivity index (χ3n) is 4.61. The first-order valence-corrected chi connectivity index (χ1v) is 8.29. The lowest BCUT2D eigenvalue weighted by Gasteiger charge is -2.08. The zero-order valence-corrected chi connectivity index (χ0v) is 14.0. The van der Waals surface area contributed by atoms with Gasteiger partial charge in [-0.3, -0.25) is 9.59 Å². The fourth-order valence-corrected chi connectivity index (χ4v) is 3.40. The highest BCUT2D eigenvalue weighted by molar-refractivity contribution is 6.22. The van der Waals surface area contributed by atoms with Crippen LogP contribution < -0.4 is 5.32 Å². The number of Topliss-reactive ketones (excluding diaryl/α,β-unsaturated/α-hetero) is 1. The van der Waals surface area contributed by atoms with Gasteiger partial charge in [0.05, 0.1) is 16.8 Å². The van der Waals surface area contributed by atoms with Crippen LogP contribution in [0.3, 0.4) is 0 Å². The highest BCUT2D eigenvalue weighted by Gasteiger charge is 2.42. The summed E-state index contributed by atoms with van der Waals surface area (Å²) in [4.78, 5) is 24.5. The first-order chi connectivity index (χ1) is 12.1. The smallest absolute Gasteiger partial charge is 0.221 e. The maximum Gasteiger partial charge on any atom is 0.221 e. The number of aryl methyl sites for hydroxylation is 1. The lowest BCUT2D eigenvalue weighted by molar-refractivity contribution is -0.114. The van der Waals surface area contributed by atoms with Crippen LogP contribution in [0.15, 0.2) is 58.3 Å². The maximum atomic E-state index is 13.1. The molecule has 0 bridgehead atoms. The molecule has 1 N–H and O–H groups in total. The number of nitrogens with one attached hydrogen (secondary N) is 1. The molecule has 0 radical (unpaired) electrons. The van der Waals surface area contributed by atoms with E-state index in [9.17, 15) is 9.59 Å². The van der Waals surface area contributed by atoms with E-state index >= 15 is 0 Å². The average molecular weight is 331 g/mol. The standard InChI is InChI=1S/C20H17N3O2/c1-3-12-7-9-13(10-8-12)18-17-19(23-22-18)14-5-4-6-15(21-11(2)24)16(14)20(17)25/h4-10,19H,3H2,1-2H3,(H,21,24). The summed E-state index contributed by atoms with van der Waals surface area (Å²) in [7, 11) is 0. The van der Waals surface area contributed by atoms with E-state index in [4.69, 9.17) is 0 Å². The number of amides is 1. The number of carbonyl (C=O) groups is 2. The Labute approximate surface area is 145 Å².